The molecule has 6 nitrogen and oxygen atoms in total. The highest BCUT2D eigenvalue weighted by Crippen LogP contribution is 2.32. The van der Waals surface area contributed by atoms with E-state index in [1.54, 1.807) is 35.2 Å². The number of nitrogens with zero attached hydrogens (tertiary/aromatic N) is 2. The first-order chi connectivity index (χ1) is 14.4. The second kappa shape index (κ2) is 10.00. The lowest BCUT2D eigenvalue weighted by Gasteiger charge is -2.13. The van der Waals surface area contributed by atoms with Crippen molar-refractivity contribution in [1.82, 2.24) is 4.90 Å². The van der Waals surface area contributed by atoms with Crippen LogP contribution in [0.1, 0.15) is 25.8 Å². The van der Waals surface area contributed by atoms with Crippen LogP contribution in [-0.4, -0.2) is 40.3 Å². The Kier molecular flexibility index (Phi) is 7.39. The quantitative estimate of drug-likeness (QED) is 0.649. The van der Waals surface area contributed by atoms with E-state index in [0.717, 1.165) is 11.3 Å². The summed E-state index contributed by atoms with van der Waals surface area (Å²) < 4.78 is 5.40. The summed E-state index contributed by atoms with van der Waals surface area (Å²) >= 11 is 7.49. The molecule has 2 amide bonds. The Hall–Kier alpha value is -2.51. The smallest absolute Gasteiger partial charge is 0.242 e. The molecule has 1 unspecified atom stereocenters. The van der Waals surface area contributed by atoms with E-state index in [1.165, 1.54) is 11.8 Å². The maximum atomic E-state index is 12.8. The van der Waals surface area contributed by atoms with Gasteiger partial charge in [0.1, 0.15) is 11.0 Å². The zero-order valence-electron chi connectivity index (χ0n) is 17.1. The first-order valence-electron chi connectivity index (χ1n) is 9.76. The third-order valence-corrected chi connectivity index (χ3v) is 6.12. The number of aliphatic imine (C=N–C) groups is 1. The summed E-state index contributed by atoms with van der Waals surface area (Å²) in [6, 6.07) is 12.7. The Morgan fingerprint density at radius 3 is 2.60 bits per heavy atom. The van der Waals surface area contributed by atoms with Gasteiger partial charge in [-0.25, -0.2) is 4.99 Å². The van der Waals surface area contributed by atoms with Crippen LogP contribution in [0.3, 0.4) is 0 Å². The van der Waals surface area contributed by atoms with E-state index < -0.39 is 5.25 Å². The van der Waals surface area contributed by atoms with Gasteiger partial charge in [0.25, 0.3) is 0 Å². The van der Waals surface area contributed by atoms with Crippen molar-refractivity contribution in [3.63, 3.8) is 0 Å². The molecule has 0 saturated carbocycles. The second-order valence-electron chi connectivity index (χ2n) is 6.73. The molecule has 2 aromatic carbocycles. The largest absolute Gasteiger partial charge is 0.494 e. The van der Waals surface area contributed by atoms with E-state index in [1.807, 2.05) is 32.9 Å². The molecule has 2 aromatic rings. The zero-order valence-corrected chi connectivity index (χ0v) is 18.7. The van der Waals surface area contributed by atoms with Crippen LogP contribution in [0, 0.1) is 6.92 Å². The van der Waals surface area contributed by atoms with E-state index in [2.05, 4.69) is 10.3 Å². The molecule has 8 heteroatoms. The number of hydrogen-bond acceptors (Lipinski definition) is 5. The van der Waals surface area contributed by atoms with E-state index in [-0.39, 0.29) is 18.2 Å². The molecule has 1 aliphatic heterocycles. The van der Waals surface area contributed by atoms with Gasteiger partial charge in [-0.15, -0.1) is 0 Å². The maximum absolute atomic E-state index is 12.8. The van der Waals surface area contributed by atoms with Gasteiger partial charge < -0.3 is 10.1 Å². The molecular weight excluding hydrogens is 422 g/mol. The van der Waals surface area contributed by atoms with Crippen molar-refractivity contribution in [3.8, 4) is 5.75 Å². The zero-order chi connectivity index (χ0) is 21.7. The number of nitrogens with one attached hydrogen (secondary N) is 1. The van der Waals surface area contributed by atoms with Crippen LogP contribution >= 0.6 is 23.4 Å². The van der Waals surface area contributed by atoms with Gasteiger partial charge in [0.05, 0.1) is 12.3 Å². The molecule has 1 N–H and O–H groups in total. The molecule has 1 saturated heterocycles. The standard InChI is InChI=1S/C22H24ClN3O3S/c1-4-26-21(28)19(30-22(26)25-16-7-6-14(3)18(23)12-16)13-20(27)24-15-8-10-17(11-9-15)29-5-2/h6-12,19H,4-5,13H2,1-3H3,(H,24,27). The molecule has 0 aromatic heterocycles. The number of rotatable bonds is 7. The Labute approximate surface area is 185 Å². The third-order valence-electron chi connectivity index (χ3n) is 4.54. The fourth-order valence-electron chi connectivity index (χ4n) is 2.96. The van der Waals surface area contributed by atoms with Crippen LogP contribution in [0.4, 0.5) is 11.4 Å². The number of hydrogen-bond donors (Lipinski definition) is 1. The summed E-state index contributed by atoms with van der Waals surface area (Å²) in [4.78, 5) is 31.4. The van der Waals surface area contributed by atoms with Crippen molar-refractivity contribution < 1.29 is 14.3 Å². The SMILES string of the molecule is CCOc1ccc(NC(=O)CC2SC(=Nc3ccc(C)c(Cl)c3)N(CC)C2=O)cc1. The highest BCUT2D eigenvalue weighted by molar-refractivity contribution is 8.15. The van der Waals surface area contributed by atoms with Crippen molar-refractivity contribution >= 4 is 51.7 Å². The summed E-state index contributed by atoms with van der Waals surface area (Å²) in [5, 5.41) is 3.54. The van der Waals surface area contributed by atoms with Gasteiger partial charge in [-0.1, -0.05) is 29.4 Å². The summed E-state index contributed by atoms with van der Waals surface area (Å²) in [7, 11) is 0. The number of carbonyl (C=O) groups excluding carboxylic acids is 2. The molecule has 158 valence electrons. The molecule has 1 aliphatic rings. The predicted octanol–water partition coefficient (Wildman–Crippen LogP) is 5.03. The maximum Gasteiger partial charge on any atom is 0.242 e. The molecule has 0 spiro atoms. The van der Waals surface area contributed by atoms with E-state index in [4.69, 9.17) is 16.3 Å². The van der Waals surface area contributed by atoms with E-state index in [9.17, 15) is 9.59 Å². The number of ether oxygens (including phenoxy) is 1. The number of anilines is 1. The third kappa shape index (κ3) is 5.34. The molecule has 1 heterocycles. The van der Waals surface area contributed by atoms with Crippen LogP contribution in [0.5, 0.6) is 5.75 Å². The van der Waals surface area contributed by atoms with Crippen LogP contribution in [0.2, 0.25) is 5.02 Å². The van der Waals surface area contributed by atoms with Gasteiger partial charge in [-0.3, -0.25) is 14.5 Å². The average Bonchev–Trinajstić information content (AvgIpc) is 3.00. The van der Waals surface area contributed by atoms with Crippen LogP contribution in [0.25, 0.3) is 0 Å². The summed E-state index contributed by atoms with van der Waals surface area (Å²) in [5.41, 5.74) is 2.31. The van der Waals surface area contributed by atoms with Gasteiger partial charge >= 0.3 is 0 Å². The van der Waals surface area contributed by atoms with Gasteiger partial charge in [0.15, 0.2) is 5.17 Å². The highest BCUT2D eigenvalue weighted by atomic mass is 35.5. The Bertz CT molecular complexity index is 963. The topological polar surface area (TPSA) is 71.0 Å². The highest BCUT2D eigenvalue weighted by Gasteiger charge is 2.38. The first-order valence-corrected chi connectivity index (χ1v) is 11.0. The monoisotopic (exact) mass is 445 g/mol. The fraction of sp³-hybridized carbons (Fsp3) is 0.318. The molecule has 0 radical (unpaired) electrons. The van der Waals surface area contributed by atoms with Crippen LogP contribution in [0.15, 0.2) is 47.5 Å². The molecule has 30 heavy (non-hydrogen) atoms. The Morgan fingerprint density at radius 1 is 1.23 bits per heavy atom. The lowest BCUT2D eigenvalue weighted by Crippen LogP contribution is -2.33. The Morgan fingerprint density at radius 2 is 1.97 bits per heavy atom. The number of benzene rings is 2. The lowest BCUT2D eigenvalue weighted by molar-refractivity contribution is -0.128. The fourth-order valence-corrected chi connectivity index (χ4v) is 4.36. The minimum Gasteiger partial charge on any atom is -0.494 e. The summed E-state index contributed by atoms with van der Waals surface area (Å²) in [5.74, 6) is 0.412. The van der Waals surface area contributed by atoms with Crippen molar-refractivity contribution in [3.05, 3.63) is 53.1 Å². The molecule has 3 rings (SSSR count). The summed E-state index contributed by atoms with van der Waals surface area (Å²) in [6.07, 6.45) is 0.0703. The van der Waals surface area contributed by atoms with Gasteiger partial charge in [0, 0.05) is 23.7 Å². The molecule has 0 bridgehead atoms. The number of halogens is 1. The van der Waals surface area contributed by atoms with Crippen molar-refractivity contribution in [2.45, 2.75) is 32.4 Å². The predicted molar refractivity (Wildman–Crippen MR) is 123 cm³/mol. The van der Waals surface area contributed by atoms with Crippen LogP contribution < -0.4 is 10.1 Å². The average molecular weight is 446 g/mol. The molecule has 1 atom stereocenters. The van der Waals surface area contributed by atoms with E-state index >= 15 is 0 Å². The van der Waals surface area contributed by atoms with Gasteiger partial charge in [-0.2, -0.15) is 0 Å². The number of carbonyl (C=O) groups is 2. The number of thioether (sulfide) groups is 1. The molecular formula is C22H24ClN3O3S. The second-order valence-corrected chi connectivity index (χ2v) is 8.30. The van der Waals surface area contributed by atoms with E-state index in [0.29, 0.717) is 34.7 Å². The normalized spacial score (nSPS) is 17.5. The number of amides is 2. The number of aryl methyl sites for hydroxylation is 1. The van der Waals surface area contributed by atoms with Crippen molar-refractivity contribution in [2.24, 2.45) is 4.99 Å². The molecule has 0 aliphatic carbocycles. The van der Waals surface area contributed by atoms with Crippen molar-refractivity contribution in [2.75, 3.05) is 18.5 Å². The molecule has 1 fully saturated rings. The first kappa shape index (κ1) is 22.2. The minimum atomic E-state index is -0.507. The van der Waals surface area contributed by atoms with Crippen LogP contribution in [-0.2, 0) is 9.59 Å². The van der Waals surface area contributed by atoms with Crippen molar-refractivity contribution in [1.29, 1.82) is 0 Å². The number of amidine groups is 1. The minimum absolute atomic E-state index is 0.0703. The summed E-state index contributed by atoms with van der Waals surface area (Å²) in [6.45, 7) is 6.79. The Balaban J connectivity index is 1.67. The van der Waals surface area contributed by atoms with Gasteiger partial charge in [-0.05, 0) is 62.7 Å². The lowest BCUT2D eigenvalue weighted by atomic mass is 10.2. The van der Waals surface area contributed by atoms with Gasteiger partial charge in [0.2, 0.25) is 11.8 Å².